The minimum atomic E-state index is -0.426. The summed E-state index contributed by atoms with van der Waals surface area (Å²) in [6, 6.07) is 3.75. The monoisotopic (exact) mass is 234 g/mol. The number of benzene rings is 1. The topological polar surface area (TPSA) is 35.5 Å². The van der Waals surface area contributed by atoms with Crippen molar-refractivity contribution in [1.29, 1.82) is 0 Å². The minimum Gasteiger partial charge on any atom is -0.501 e. The van der Waals surface area contributed by atoms with E-state index in [9.17, 15) is 4.79 Å². The van der Waals surface area contributed by atoms with Crippen LogP contribution in [0.1, 0.15) is 23.6 Å². The van der Waals surface area contributed by atoms with Crippen LogP contribution in [0.4, 0.5) is 0 Å². The van der Waals surface area contributed by atoms with E-state index in [1.165, 1.54) is 17.9 Å². The SMILES string of the molecule is CCO/C=C/C(=O)Oc1ccc(C)c(C)c1C. The molecule has 92 valence electrons. The summed E-state index contributed by atoms with van der Waals surface area (Å²) >= 11 is 0. The molecular formula is C14H18O3. The van der Waals surface area contributed by atoms with E-state index in [-0.39, 0.29) is 0 Å². The van der Waals surface area contributed by atoms with Crippen LogP contribution in [0, 0.1) is 20.8 Å². The molecule has 0 N–H and O–H groups in total. The van der Waals surface area contributed by atoms with Crippen molar-refractivity contribution in [2.75, 3.05) is 6.61 Å². The zero-order chi connectivity index (χ0) is 12.8. The van der Waals surface area contributed by atoms with Gasteiger partial charge in [0, 0.05) is 0 Å². The Hall–Kier alpha value is -1.77. The van der Waals surface area contributed by atoms with Crippen molar-refractivity contribution in [3.05, 3.63) is 41.2 Å². The number of esters is 1. The molecule has 0 bridgehead atoms. The van der Waals surface area contributed by atoms with E-state index >= 15 is 0 Å². The van der Waals surface area contributed by atoms with Crippen LogP contribution >= 0.6 is 0 Å². The predicted molar refractivity (Wildman–Crippen MR) is 67.1 cm³/mol. The first kappa shape index (κ1) is 13.3. The highest BCUT2D eigenvalue weighted by Crippen LogP contribution is 2.23. The summed E-state index contributed by atoms with van der Waals surface area (Å²) in [7, 11) is 0. The van der Waals surface area contributed by atoms with Gasteiger partial charge in [-0.3, -0.25) is 0 Å². The van der Waals surface area contributed by atoms with E-state index in [2.05, 4.69) is 0 Å². The van der Waals surface area contributed by atoms with Crippen molar-refractivity contribution in [2.24, 2.45) is 0 Å². The molecule has 3 heteroatoms. The Kier molecular flexibility index (Phi) is 4.76. The lowest BCUT2D eigenvalue weighted by molar-refractivity contribution is -0.129. The Morgan fingerprint density at radius 2 is 1.94 bits per heavy atom. The molecule has 1 aromatic rings. The molecule has 0 fully saturated rings. The highest BCUT2D eigenvalue weighted by Gasteiger charge is 2.07. The summed E-state index contributed by atoms with van der Waals surface area (Å²) in [6.45, 7) is 8.37. The second-order valence-electron chi connectivity index (χ2n) is 3.81. The average molecular weight is 234 g/mol. The Balaban J connectivity index is 2.76. The molecule has 0 spiro atoms. The summed E-state index contributed by atoms with van der Waals surface area (Å²) in [5.41, 5.74) is 3.32. The second-order valence-corrected chi connectivity index (χ2v) is 3.81. The molecule has 0 aliphatic rings. The standard InChI is InChI=1S/C14H18O3/c1-5-16-9-8-14(15)17-13-7-6-10(2)11(3)12(13)4/h6-9H,5H2,1-4H3/b9-8+. The van der Waals surface area contributed by atoms with Gasteiger partial charge in [0.05, 0.1) is 18.9 Å². The number of ether oxygens (including phenoxy) is 2. The van der Waals surface area contributed by atoms with Crippen molar-refractivity contribution in [3.8, 4) is 5.75 Å². The van der Waals surface area contributed by atoms with Crippen LogP contribution in [0.3, 0.4) is 0 Å². The van der Waals surface area contributed by atoms with E-state index in [1.807, 2.05) is 39.8 Å². The average Bonchev–Trinajstić information content (AvgIpc) is 2.30. The maximum absolute atomic E-state index is 11.4. The van der Waals surface area contributed by atoms with Crippen LogP contribution in [-0.2, 0) is 9.53 Å². The predicted octanol–water partition coefficient (Wildman–Crippen LogP) is 3.07. The van der Waals surface area contributed by atoms with Gasteiger partial charge < -0.3 is 9.47 Å². The lowest BCUT2D eigenvalue weighted by Gasteiger charge is -2.10. The maximum Gasteiger partial charge on any atom is 0.339 e. The van der Waals surface area contributed by atoms with Gasteiger partial charge in [-0.15, -0.1) is 0 Å². The lowest BCUT2D eigenvalue weighted by Crippen LogP contribution is -2.06. The lowest BCUT2D eigenvalue weighted by atomic mass is 10.0. The molecule has 0 radical (unpaired) electrons. The van der Waals surface area contributed by atoms with Crippen molar-refractivity contribution in [2.45, 2.75) is 27.7 Å². The van der Waals surface area contributed by atoms with Gasteiger partial charge in [-0.25, -0.2) is 4.79 Å². The summed E-state index contributed by atoms with van der Waals surface area (Å²) in [4.78, 5) is 11.4. The molecule has 0 amide bonds. The van der Waals surface area contributed by atoms with Crippen LogP contribution in [-0.4, -0.2) is 12.6 Å². The number of carbonyl (C=O) groups is 1. The van der Waals surface area contributed by atoms with E-state index in [0.29, 0.717) is 12.4 Å². The summed E-state index contributed by atoms with van der Waals surface area (Å²) < 4.78 is 10.2. The summed E-state index contributed by atoms with van der Waals surface area (Å²) in [5.74, 6) is 0.170. The zero-order valence-corrected chi connectivity index (χ0v) is 10.7. The first-order valence-corrected chi connectivity index (χ1v) is 5.63. The number of hydrogen-bond donors (Lipinski definition) is 0. The molecule has 0 saturated heterocycles. The van der Waals surface area contributed by atoms with E-state index in [4.69, 9.17) is 9.47 Å². The molecule has 0 aliphatic heterocycles. The first-order valence-electron chi connectivity index (χ1n) is 5.63. The molecule has 1 rings (SSSR count). The zero-order valence-electron chi connectivity index (χ0n) is 10.7. The second kappa shape index (κ2) is 6.09. The molecule has 1 aromatic carbocycles. The van der Waals surface area contributed by atoms with Gasteiger partial charge in [-0.05, 0) is 50.5 Å². The largest absolute Gasteiger partial charge is 0.501 e. The Bertz CT molecular complexity index is 433. The molecule has 0 aliphatic carbocycles. The van der Waals surface area contributed by atoms with Gasteiger partial charge in [0.15, 0.2) is 0 Å². The fourth-order valence-corrected chi connectivity index (χ4v) is 1.38. The molecule has 0 aromatic heterocycles. The molecule has 0 heterocycles. The quantitative estimate of drug-likeness (QED) is 0.347. The highest BCUT2D eigenvalue weighted by atomic mass is 16.5. The van der Waals surface area contributed by atoms with Crippen LogP contribution in [0.5, 0.6) is 5.75 Å². The molecule has 0 saturated carbocycles. The van der Waals surface area contributed by atoms with Crippen molar-refractivity contribution >= 4 is 5.97 Å². The normalized spacial score (nSPS) is 10.6. The van der Waals surface area contributed by atoms with Gasteiger partial charge in [0.2, 0.25) is 0 Å². The third-order valence-corrected chi connectivity index (χ3v) is 2.69. The van der Waals surface area contributed by atoms with Crippen molar-refractivity contribution in [3.63, 3.8) is 0 Å². The van der Waals surface area contributed by atoms with Gasteiger partial charge in [0.25, 0.3) is 0 Å². The maximum atomic E-state index is 11.4. The summed E-state index contributed by atoms with van der Waals surface area (Å²) in [5, 5.41) is 0. The Morgan fingerprint density at radius 3 is 2.59 bits per heavy atom. The summed E-state index contributed by atoms with van der Waals surface area (Å²) in [6.07, 6.45) is 2.62. The third-order valence-electron chi connectivity index (χ3n) is 2.69. The van der Waals surface area contributed by atoms with Gasteiger partial charge >= 0.3 is 5.97 Å². The smallest absolute Gasteiger partial charge is 0.339 e. The van der Waals surface area contributed by atoms with Crippen molar-refractivity contribution in [1.82, 2.24) is 0 Å². The number of carbonyl (C=O) groups excluding carboxylic acids is 1. The fourth-order valence-electron chi connectivity index (χ4n) is 1.38. The Labute approximate surface area is 102 Å². The van der Waals surface area contributed by atoms with Crippen LogP contribution in [0.2, 0.25) is 0 Å². The molecule has 0 atom stereocenters. The number of rotatable bonds is 4. The van der Waals surface area contributed by atoms with Gasteiger partial charge in [0.1, 0.15) is 5.75 Å². The van der Waals surface area contributed by atoms with E-state index in [1.54, 1.807) is 0 Å². The number of hydrogen-bond acceptors (Lipinski definition) is 3. The molecule has 17 heavy (non-hydrogen) atoms. The van der Waals surface area contributed by atoms with E-state index < -0.39 is 5.97 Å². The Morgan fingerprint density at radius 1 is 1.24 bits per heavy atom. The van der Waals surface area contributed by atoms with Crippen LogP contribution < -0.4 is 4.74 Å². The fraction of sp³-hybridized carbons (Fsp3) is 0.357. The third kappa shape index (κ3) is 3.63. The van der Waals surface area contributed by atoms with Gasteiger partial charge in [-0.2, -0.15) is 0 Å². The first-order chi connectivity index (χ1) is 8.06. The minimum absolute atomic E-state index is 0.426. The van der Waals surface area contributed by atoms with Gasteiger partial charge in [-0.1, -0.05) is 6.07 Å². The highest BCUT2D eigenvalue weighted by molar-refractivity contribution is 5.84. The van der Waals surface area contributed by atoms with Crippen molar-refractivity contribution < 1.29 is 14.3 Å². The number of aryl methyl sites for hydroxylation is 1. The van der Waals surface area contributed by atoms with Crippen LogP contribution in [0.15, 0.2) is 24.5 Å². The van der Waals surface area contributed by atoms with E-state index in [0.717, 1.165) is 11.1 Å². The van der Waals surface area contributed by atoms with Crippen LogP contribution in [0.25, 0.3) is 0 Å². The molecule has 0 unspecified atom stereocenters. The molecular weight excluding hydrogens is 216 g/mol. The molecule has 3 nitrogen and oxygen atoms in total.